The lowest BCUT2D eigenvalue weighted by molar-refractivity contribution is -0.155. The molecule has 1 atom stereocenters. The molecule has 1 amide bonds. The van der Waals surface area contributed by atoms with Gasteiger partial charge < -0.3 is 14.8 Å². The maximum atomic E-state index is 12.2. The second-order valence-corrected chi connectivity index (χ2v) is 8.19. The number of carbonyl (C=O) groups is 2. The molecule has 0 fully saturated rings. The zero-order valence-electron chi connectivity index (χ0n) is 15.8. The predicted molar refractivity (Wildman–Crippen MR) is 103 cm³/mol. The minimum absolute atomic E-state index is 0.0382. The second-order valence-electron chi connectivity index (χ2n) is 6.04. The van der Waals surface area contributed by atoms with Crippen molar-refractivity contribution in [2.45, 2.75) is 17.9 Å². The van der Waals surface area contributed by atoms with Crippen LogP contribution in [0.25, 0.3) is 0 Å². The zero-order chi connectivity index (χ0) is 20.7. The van der Waals surface area contributed by atoms with Gasteiger partial charge >= 0.3 is 5.97 Å². The monoisotopic (exact) mass is 406 g/mol. The van der Waals surface area contributed by atoms with E-state index >= 15 is 0 Å². The number of sulfonamides is 1. The molecule has 150 valence electrons. The van der Waals surface area contributed by atoms with Crippen LogP contribution in [0.15, 0.2) is 59.5 Å². The van der Waals surface area contributed by atoms with E-state index < -0.39 is 28.0 Å². The van der Waals surface area contributed by atoms with Gasteiger partial charge in [0.05, 0.1) is 4.90 Å². The zero-order valence-corrected chi connectivity index (χ0v) is 16.6. The first-order valence-corrected chi connectivity index (χ1v) is 9.85. The van der Waals surface area contributed by atoms with Gasteiger partial charge in [-0.15, -0.1) is 0 Å². The van der Waals surface area contributed by atoms with E-state index in [4.69, 9.17) is 9.47 Å². The first-order valence-electron chi connectivity index (χ1n) is 8.41. The third-order valence-electron chi connectivity index (χ3n) is 3.66. The number of hydrogen-bond donors (Lipinski definition) is 1. The second kappa shape index (κ2) is 9.34. The molecule has 0 aliphatic carbocycles. The maximum Gasteiger partial charge on any atom is 0.344 e. The van der Waals surface area contributed by atoms with Crippen molar-refractivity contribution in [2.24, 2.45) is 0 Å². The van der Waals surface area contributed by atoms with Crippen LogP contribution >= 0.6 is 0 Å². The molecule has 2 rings (SSSR count). The van der Waals surface area contributed by atoms with E-state index in [0.29, 0.717) is 5.75 Å². The van der Waals surface area contributed by atoms with Gasteiger partial charge in [-0.2, -0.15) is 0 Å². The Labute approximate surface area is 164 Å². The van der Waals surface area contributed by atoms with Crippen molar-refractivity contribution in [3.8, 4) is 5.75 Å². The molecule has 0 saturated heterocycles. The van der Waals surface area contributed by atoms with Crippen LogP contribution in [-0.4, -0.2) is 51.4 Å². The minimum atomic E-state index is -3.63. The molecule has 0 spiro atoms. The number of para-hydroxylation sites is 1. The molecule has 9 heteroatoms. The van der Waals surface area contributed by atoms with E-state index in [9.17, 15) is 18.0 Å². The van der Waals surface area contributed by atoms with Gasteiger partial charge in [-0.3, -0.25) is 4.79 Å². The topological polar surface area (TPSA) is 102 Å². The van der Waals surface area contributed by atoms with Crippen LogP contribution in [-0.2, 0) is 24.3 Å². The van der Waals surface area contributed by atoms with Crippen molar-refractivity contribution in [3.05, 3.63) is 54.6 Å². The summed E-state index contributed by atoms with van der Waals surface area (Å²) >= 11 is 0. The third-order valence-corrected chi connectivity index (χ3v) is 5.47. The quantitative estimate of drug-likeness (QED) is 0.672. The van der Waals surface area contributed by atoms with Crippen molar-refractivity contribution in [3.63, 3.8) is 0 Å². The van der Waals surface area contributed by atoms with E-state index in [1.54, 1.807) is 30.3 Å². The van der Waals surface area contributed by atoms with Crippen LogP contribution in [0.5, 0.6) is 5.75 Å². The number of amides is 1. The van der Waals surface area contributed by atoms with Crippen LogP contribution in [0.4, 0.5) is 5.69 Å². The van der Waals surface area contributed by atoms with E-state index in [1.165, 1.54) is 39.2 Å². The van der Waals surface area contributed by atoms with Crippen LogP contribution < -0.4 is 10.1 Å². The lowest BCUT2D eigenvalue weighted by atomic mass is 10.3. The largest absolute Gasteiger partial charge is 0.482 e. The standard InChI is InChI=1S/C19H22N2O6S/c1-14(27-18(22)13-26-16-9-5-4-6-10-16)19(23)20-15-8-7-11-17(12-15)28(24,25)21(2)3/h4-12,14H,13H2,1-3H3,(H,20,23)/t14-/m1/s1. The number of carbonyl (C=O) groups excluding carboxylic acids is 2. The fourth-order valence-electron chi connectivity index (χ4n) is 2.13. The van der Waals surface area contributed by atoms with Crippen molar-refractivity contribution in [1.82, 2.24) is 4.31 Å². The van der Waals surface area contributed by atoms with E-state index in [0.717, 1.165) is 4.31 Å². The highest BCUT2D eigenvalue weighted by molar-refractivity contribution is 7.89. The highest BCUT2D eigenvalue weighted by Crippen LogP contribution is 2.18. The summed E-state index contributed by atoms with van der Waals surface area (Å²) in [6.45, 7) is 1.08. The molecular formula is C19H22N2O6S. The number of benzene rings is 2. The summed E-state index contributed by atoms with van der Waals surface area (Å²) in [5.74, 6) is -0.779. The molecule has 2 aromatic rings. The van der Waals surface area contributed by atoms with Crippen molar-refractivity contribution in [1.29, 1.82) is 0 Å². The summed E-state index contributed by atoms with van der Waals surface area (Å²) in [7, 11) is -0.795. The van der Waals surface area contributed by atoms with Gasteiger partial charge in [-0.25, -0.2) is 17.5 Å². The lowest BCUT2D eigenvalue weighted by Gasteiger charge is -2.15. The van der Waals surface area contributed by atoms with Gasteiger partial charge in [0.25, 0.3) is 5.91 Å². The van der Waals surface area contributed by atoms with Crippen LogP contribution in [0.1, 0.15) is 6.92 Å². The van der Waals surface area contributed by atoms with E-state index in [1.807, 2.05) is 6.07 Å². The fourth-order valence-corrected chi connectivity index (χ4v) is 3.08. The molecule has 0 saturated carbocycles. The Morgan fingerprint density at radius 3 is 2.39 bits per heavy atom. The fraction of sp³-hybridized carbons (Fsp3) is 0.263. The number of nitrogens with zero attached hydrogens (tertiary/aromatic N) is 1. The van der Waals surface area contributed by atoms with Crippen LogP contribution in [0, 0.1) is 0 Å². The van der Waals surface area contributed by atoms with Gasteiger partial charge in [0.1, 0.15) is 5.75 Å². The number of rotatable bonds is 8. The molecule has 0 unspecified atom stereocenters. The molecule has 0 aromatic heterocycles. The summed E-state index contributed by atoms with van der Waals surface area (Å²) in [6, 6.07) is 14.5. The van der Waals surface area contributed by atoms with Gasteiger partial charge in [-0.05, 0) is 37.3 Å². The SMILES string of the molecule is C[C@@H](OC(=O)COc1ccccc1)C(=O)Nc1cccc(S(=O)(=O)N(C)C)c1. The first-order chi connectivity index (χ1) is 13.2. The summed E-state index contributed by atoms with van der Waals surface area (Å²) in [5, 5.41) is 2.53. The van der Waals surface area contributed by atoms with Gasteiger partial charge in [0, 0.05) is 19.8 Å². The van der Waals surface area contributed by atoms with Gasteiger partial charge in [0.15, 0.2) is 12.7 Å². The number of ether oxygens (including phenoxy) is 2. The van der Waals surface area contributed by atoms with E-state index in [-0.39, 0.29) is 17.2 Å². The number of nitrogens with one attached hydrogen (secondary N) is 1. The molecule has 0 aliphatic heterocycles. The highest BCUT2D eigenvalue weighted by atomic mass is 32.2. The molecule has 0 heterocycles. The molecule has 2 aromatic carbocycles. The maximum absolute atomic E-state index is 12.2. The van der Waals surface area contributed by atoms with Crippen molar-refractivity contribution in [2.75, 3.05) is 26.0 Å². The Kier molecular flexibility index (Phi) is 7.13. The highest BCUT2D eigenvalue weighted by Gasteiger charge is 2.20. The minimum Gasteiger partial charge on any atom is -0.482 e. The molecule has 28 heavy (non-hydrogen) atoms. The molecular weight excluding hydrogens is 384 g/mol. The summed E-state index contributed by atoms with van der Waals surface area (Å²) < 4.78 is 35.7. The predicted octanol–water partition coefficient (Wildman–Crippen LogP) is 1.89. The molecule has 0 aliphatic rings. The molecule has 1 N–H and O–H groups in total. The average molecular weight is 406 g/mol. The Balaban J connectivity index is 1.92. The summed E-state index contributed by atoms with van der Waals surface area (Å²) in [5.41, 5.74) is 0.274. The van der Waals surface area contributed by atoms with Crippen LogP contribution in [0.2, 0.25) is 0 Å². The Morgan fingerprint density at radius 1 is 1.07 bits per heavy atom. The number of esters is 1. The number of anilines is 1. The first kappa shape index (κ1) is 21.4. The molecule has 0 radical (unpaired) electrons. The van der Waals surface area contributed by atoms with E-state index in [2.05, 4.69) is 5.32 Å². The van der Waals surface area contributed by atoms with Crippen molar-refractivity contribution < 1.29 is 27.5 Å². The van der Waals surface area contributed by atoms with Gasteiger partial charge in [0.2, 0.25) is 10.0 Å². The summed E-state index contributed by atoms with van der Waals surface area (Å²) in [4.78, 5) is 24.1. The Morgan fingerprint density at radius 2 is 1.75 bits per heavy atom. The number of hydrogen-bond acceptors (Lipinski definition) is 6. The van der Waals surface area contributed by atoms with Crippen molar-refractivity contribution >= 4 is 27.6 Å². The Bertz CT molecular complexity index is 928. The third kappa shape index (κ3) is 5.80. The average Bonchev–Trinajstić information content (AvgIpc) is 2.67. The summed E-state index contributed by atoms with van der Waals surface area (Å²) in [6.07, 6.45) is -1.08. The Hall–Kier alpha value is -2.91. The molecule has 0 bridgehead atoms. The lowest BCUT2D eigenvalue weighted by Crippen LogP contribution is -2.31. The smallest absolute Gasteiger partial charge is 0.344 e. The normalized spacial score (nSPS) is 12.3. The van der Waals surface area contributed by atoms with Gasteiger partial charge in [-0.1, -0.05) is 24.3 Å². The molecule has 8 nitrogen and oxygen atoms in total. The van der Waals surface area contributed by atoms with Crippen LogP contribution in [0.3, 0.4) is 0 Å².